The highest BCUT2D eigenvalue weighted by molar-refractivity contribution is 5.73. The van der Waals surface area contributed by atoms with E-state index >= 15 is 0 Å². The third kappa shape index (κ3) is 4.36. The van der Waals surface area contributed by atoms with Gasteiger partial charge < -0.3 is 19.9 Å². The van der Waals surface area contributed by atoms with Gasteiger partial charge >= 0.3 is 5.97 Å². The standard InChI is InChI=1S/C16H23NO4/c1-16(2,3)8-7-12(15(18)19)17-9-11-5-4-6-13-14(11)21-10-20-13/h4-6,12,17H,7-10H2,1-3H3,(H,18,19)/t12-/m0/s1. The Morgan fingerprint density at radius 2 is 2.14 bits per heavy atom. The Bertz CT molecular complexity index is 507. The van der Waals surface area contributed by atoms with Crippen LogP contribution < -0.4 is 14.8 Å². The number of carboxylic acids is 1. The number of para-hydroxylation sites is 1. The normalized spacial score (nSPS) is 15.0. The number of hydrogen-bond acceptors (Lipinski definition) is 4. The fraction of sp³-hybridized carbons (Fsp3) is 0.562. The predicted molar refractivity (Wildman–Crippen MR) is 79.5 cm³/mol. The van der Waals surface area contributed by atoms with E-state index < -0.39 is 12.0 Å². The Hall–Kier alpha value is -1.75. The van der Waals surface area contributed by atoms with Crippen LogP contribution in [-0.2, 0) is 11.3 Å². The number of carboxylic acid groups (broad SMARTS) is 1. The Labute approximate surface area is 125 Å². The van der Waals surface area contributed by atoms with Crippen molar-refractivity contribution in [1.82, 2.24) is 5.32 Å². The monoisotopic (exact) mass is 293 g/mol. The third-order valence-electron chi connectivity index (χ3n) is 3.50. The first-order valence-electron chi connectivity index (χ1n) is 7.20. The molecule has 0 aliphatic carbocycles. The Kier molecular flexibility index (Phi) is 4.73. The second-order valence-electron chi connectivity index (χ2n) is 6.52. The molecule has 0 radical (unpaired) electrons. The van der Waals surface area contributed by atoms with Gasteiger partial charge in [0.15, 0.2) is 11.5 Å². The Morgan fingerprint density at radius 3 is 2.81 bits per heavy atom. The van der Waals surface area contributed by atoms with Crippen LogP contribution >= 0.6 is 0 Å². The third-order valence-corrected chi connectivity index (χ3v) is 3.50. The number of nitrogens with one attached hydrogen (secondary N) is 1. The highest BCUT2D eigenvalue weighted by Crippen LogP contribution is 2.35. The first-order chi connectivity index (χ1) is 9.87. The van der Waals surface area contributed by atoms with E-state index in [-0.39, 0.29) is 12.2 Å². The number of fused-ring (bicyclic) bond motifs is 1. The Morgan fingerprint density at radius 1 is 1.38 bits per heavy atom. The molecule has 0 bridgehead atoms. The van der Waals surface area contributed by atoms with Crippen LogP contribution in [0, 0.1) is 5.41 Å². The summed E-state index contributed by atoms with van der Waals surface area (Å²) in [6.45, 7) is 7.01. The van der Waals surface area contributed by atoms with E-state index in [4.69, 9.17) is 9.47 Å². The summed E-state index contributed by atoms with van der Waals surface area (Å²) in [7, 11) is 0. The zero-order valence-electron chi connectivity index (χ0n) is 12.8. The minimum absolute atomic E-state index is 0.125. The van der Waals surface area contributed by atoms with Gasteiger partial charge in [-0.25, -0.2) is 0 Å². The molecule has 0 unspecified atom stereocenters. The maximum absolute atomic E-state index is 11.4. The molecule has 2 rings (SSSR count). The van der Waals surface area contributed by atoms with Crippen molar-refractivity contribution in [1.29, 1.82) is 0 Å². The second kappa shape index (κ2) is 6.35. The van der Waals surface area contributed by atoms with Crippen molar-refractivity contribution in [3.8, 4) is 11.5 Å². The summed E-state index contributed by atoms with van der Waals surface area (Å²) in [4.78, 5) is 11.4. The zero-order valence-corrected chi connectivity index (χ0v) is 12.8. The maximum atomic E-state index is 11.4. The van der Waals surface area contributed by atoms with Gasteiger partial charge in [-0.2, -0.15) is 0 Å². The molecule has 0 saturated heterocycles. The van der Waals surface area contributed by atoms with Crippen LogP contribution in [0.2, 0.25) is 0 Å². The van der Waals surface area contributed by atoms with E-state index in [1.807, 2.05) is 18.2 Å². The highest BCUT2D eigenvalue weighted by Gasteiger charge is 2.22. The first kappa shape index (κ1) is 15.6. The van der Waals surface area contributed by atoms with Crippen LogP contribution in [0.1, 0.15) is 39.2 Å². The van der Waals surface area contributed by atoms with Gasteiger partial charge in [-0.1, -0.05) is 32.9 Å². The second-order valence-corrected chi connectivity index (χ2v) is 6.52. The SMILES string of the molecule is CC(C)(C)CC[C@H](NCc1cccc2c1OCO2)C(=O)O. The molecule has 1 aromatic rings. The summed E-state index contributed by atoms with van der Waals surface area (Å²) >= 11 is 0. The van der Waals surface area contributed by atoms with Crippen molar-refractivity contribution in [2.24, 2.45) is 5.41 Å². The van der Waals surface area contributed by atoms with E-state index in [0.29, 0.717) is 18.7 Å². The van der Waals surface area contributed by atoms with Crippen molar-refractivity contribution in [3.63, 3.8) is 0 Å². The van der Waals surface area contributed by atoms with Crippen molar-refractivity contribution < 1.29 is 19.4 Å². The van der Waals surface area contributed by atoms with E-state index in [1.165, 1.54) is 0 Å². The van der Waals surface area contributed by atoms with Crippen LogP contribution in [0.4, 0.5) is 0 Å². The quantitative estimate of drug-likeness (QED) is 0.844. The molecule has 21 heavy (non-hydrogen) atoms. The van der Waals surface area contributed by atoms with Gasteiger partial charge in [0.1, 0.15) is 6.04 Å². The minimum Gasteiger partial charge on any atom is -0.480 e. The smallest absolute Gasteiger partial charge is 0.320 e. The number of benzene rings is 1. The first-order valence-corrected chi connectivity index (χ1v) is 7.20. The molecule has 1 aliphatic heterocycles. The fourth-order valence-electron chi connectivity index (χ4n) is 2.25. The lowest BCUT2D eigenvalue weighted by molar-refractivity contribution is -0.139. The van der Waals surface area contributed by atoms with Crippen molar-refractivity contribution in [2.45, 2.75) is 46.2 Å². The van der Waals surface area contributed by atoms with Crippen LogP contribution in [0.25, 0.3) is 0 Å². The molecule has 0 spiro atoms. The van der Waals surface area contributed by atoms with Gasteiger partial charge in [-0.05, 0) is 24.3 Å². The van der Waals surface area contributed by atoms with E-state index in [0.717, 1.165) is 17.7 Å². The highest BCUT2D eigenvalue weighted by atomic mass is 16.7. The lowest BCUT2D eigenvalue weighted by Gasteiger charge is -2.21. The molecule has 1 aromatic carbocycles. The Balaban J connectivity index is 1.96. The predicted octanol–water partition coefficient (Wildman–Crippen LogP) is 2.78. The molecule has 1 aliphatic rings. The molecule has 5 heteroatoms. The number of hydrogen-bond donors (Lipinski definition) is 2. The van der Waals surface area contributed by atoms with Crippen LogP contribution in [0.3, 0.4) is 0 Å². The number of ether oxygens (including phenoxy) is 2. The number of rotatable bonds is 6. The largest absolute Gasteiger partial charge is 0.480 e. The van der Waals surface area contributed by atoms with E-state index in [1.54, 1.807) is 0 Å². The molecule has 0 aromatic heterocycles. The summed E-state index contributed by atoms with van der Waals surface area (Å²) in [6, 6.07) is 5.10. The summed E-state index contributed by atoms with van der Waals surface area (Å²) in [5, 5.41) is 12.4. The minimum atomic E-state index is -0.816. The van der Waals surface area contributed by atoms with Gasteiger partial charge in [0.05, 0.1) is 0 Å². The topological polar surface area (TPSA) is 67.8 Å². The summed E-state index contributed by atoms with van der Waals surface area (Å²) in [5.41, 5.74) is 1.05. The summed E-state index contributed by atoms with van der Waals surface area (Å²) in [6.07, 6.45) is 1.45. The van der Waals surface area contributed by atoms with Crippen molar-refractivity contribution >= 4 is 5.97 Å². The maximum Gasteiger partial charge on any atom is 0.320 e. The molecular weight excluding hydrogens is 270 g/mol. The van der Waals surface area contributed by atoms with E-state index in [2.05, 4.69) is 26.1 Å². The summed E-state index contributed by atoms with van der Waals surface area (Å²) < 4.78 is 10.7. The number of carbonyl (C=O) groups is 1. The van der Waals surface area contributed by atoms with Crippen LogP contribution in [0.5, 0.6) is 11.5 Å². The van der Waals surface area contributed by atoms with Crippen LogP contribution in [-0.4, -0.2) is 23.9 Å². The average Bonchev–Trinajstić information content (AvgIpc) is 2.85. The molecule has 0 saturated carbocycles. The molecule has 0 amide bonds. The molecule has 2 N–H and O–H groups in total. The van der Waals surface area contributed by atoms with Gasteiger partial charge in [-0.15, -0.1) is 0 Å². The molecular formula is C16H23NO4. The van der Waals surface area contributed by atoms with Gasteiger partial charge in [0, 0.05) is 12.1 Å². The van der Waals surface area contributed by atoms with Crippen LogP contribution in [0.15, 0.2) is 18.2 Å². The lowest BCUT2D eigenvalue weighted by atomic mass is 9.88. The number of aliphatic carboxylic acids is 1. The van der Waals surface area contributed by atoms with Gasteiger partial charge in [-0.3, -0.25) is 4.79 Å². The van der Waals surface area contributed by atoms with Crippen molar-refractivity contribution in [2.75, 3.05) is 6.79 Å². The molecule has 116 valence electrons. The molecule has 0 fully saturated rings. The van der Waals surface area contributed by atoms with Gasteiger partial charge in [0.2, 0.25) is 6.79 Å². The van der Waals surface area contributed by atoms with Gasteiger partial charge in [0.25, 0.3) is 0 Å². The molecule has 1 atom stereocenters. The van der Waals surface area contributed by atoms with Crippen molar-refractivity contribution in [3.05, 3.63) is 23.8 Å². The fourth-order valence-corrected chi connectivity index (χ4v) is 2.25. The summed E-state index contributed by atoms with van der Waals surface area (Å²) in [5.74, 6) is 0.616. The lowest BCUT2D eigenvalue weighted by Crippen LogP contribution is -2.37. The zero-order chi connectivity index (χ0) is 15.5. The molecule has 1 heterocycles. The average molecular weight is 293 g/mol. The molecule has 5 nitrogen and oxygen atoms in total. The van der Waals surface area contributed by atoms with E-state index in [9.17, 15) is 9.90 Å².